The number of unbranched alkanes of at least 4 members (excludes halogenated alkanes) is 4. The van der Waals surface area contributed by atoms with Crippen LogP contribution in [-0.4, -0.2) is 0 Å². The van der Waals surface area contributed by atoms with Crippen molar-refractivity contribution in [2.24, 2.45) is 0 Å². The predicted octanol–water partition coefficient (Wildman–Crippen LogP) is 5.07. The largest absolute Gasteiger partial charge is 0.147 e. The van der Waals surface area contributed by atoms with Crippen LogP contribution in [0.25, 0.3) is 0 Å². The molecular weight excluding hydrogens is 192 g/mol. The van der Waals surface area contributed by atoms with Gasteiger partial charge in [0, 0.05) is 0 Å². The lowest BCUT2D eigenvalue weighted by Crippen LogP contribution is -1.72. The third kappa shape index (κ3) is 14.1. The van der Waals surface area contributed by atoms with Gasteiger partial charge in [-0.05, 0) is 19.8 Å². The van der Waals surface area contributed by atoms with Crippen molar-refractivity contribution in [1.29, 1.82) is 0 Å². The summed E-state index contributed by atoms with van der Waals surface area (Å²) < 4.78 is 0. The molecule has 0 spiro atoms. The molecular formula is C13H23Cl. The van der Waals surface area contributed by atoms with E-state index in [1.807, 2.05) is 19.1 Å². The second-order valence-corrected chi connectivity index (χ2v) is 3.19. The lowest BCUT2D eigenvalue weighted by molar-refractivity contribution is 0.674. The maximum absolute atomic E-state index is 2.25. The fourth-order valence-electron chi connectivity index (χ4n) is 1.10. The minimum Gasteiger partial charge on any atom is -0.147 e. The molecule has 0 fully saturated rings. The summed E-state index contributed by atoms with van der Waals surface area (Å²) in [4.78, 5) is 0. The quantitative estimate of drug-likeness (QED) is 0.410. The Hall–Kier alpha value is -0.490. The van der Waals surface area contributed by atoms with Gasteiger partial charge in [0.25, 0.3) is 0 Å². The standard InChI is InChI=1S/C13H22.ClH/c1-3-5-7-9-11-13-12-10-8-6-4-2;/h3,5,7,9,11,13H,4,6,8,10,12H2,1-2H3;1H/b5-3+,9-7+,13-11+;. The lowest BCUT2D eigenvalue weighted by Gasteiger charge is -1.92. The van der Waals surface area contributed by atoms with Crippen LogP contribution in [0.3, 0.4) is 0 Å². The molecule has 0 aromatic carbocycles. The van der Waals surface area contributed by atoms with Crippen LogP contribution in [0.2, 0.25) is 0 Å². The van der Waals surface area contributed by atoms with Crippen LogP contribution in [-0.2, 0) is 0 Å². The summed E-state index contributed by atoms with van der Waals surface area (Å²) in [5.74, 6) is 0. The van der Waals surface area contributed by atoms with Gasteiger partial charge in [-0.2, -0.15) is 0 Å². The summed E-state index contributed by atoms with van der Waals surface area (Å²) in [6.07, 6.45) is 19.2. The van der Waals surface area contributed by atoms with E-state index in [0.29, 0.717) is 0 Å². The predicted molar refractivity (Wildman–Crippen MR) is 69.1 cm³/mol. The van der Waals surface area contributed by atoms with Crippen LogP contribution in [0, 0.1) is 0 Å². The molecule has 0 saturated carbocycles. The van der Waals surface area contributed by atoms with Gasteiger partial charge >= 0.3 is 0 Å². The van der Waals surface area contributed by atoms with Crippen LogP contribution >= 0.6 is 12.4 Å². The third-order valence-electron chi connectivity index (χ3n) is 1.89. The zero-order valence-electron chi connectivity index (χ0n) is 9.41. The Balaban J connectivity index is 0. The number of hydrogen-bond donors (Lipinski definition) is 0. The first-order valence-corrected chi connectivity index (χ1v) is 5.36. The zero-order valence-corrected chi connectivity index (χ0v) is 10.2. The van der Waals surface area contributed by atoms with Crippen molar-refractivity contribution in [1.82, 2.24) is 0 Å². The molecule has 14 heavy (non-hydrogen) atoms. The molecule has 0 rings (SSSR count). The van der Waals surface area contributed by atoms with Crippen molar-refractivity contribution in [2.45, 2.75) is 46.0 Å². The molecule has 0 bridgehead atoms. The molecule has 82 valence electrons. The average molecular weight is 215 g/mol. The minimum atomic E-state index is 0. The van der Waals surface area contributed by atoms with Gasteiger partial charge in [0.05, 0.1) is 0 Å². The van der Waals surface area contributed by atoms with Gasteiger partial charge in [-0.15, -0.1) is 12.4 Å². The normalized spacial score (nSPS) is 11.6. The van der Waals surface area contributed by atoms with E-state index in [1.165, 1.54) is 32.1 Å². The monoisotopic (exact) mass is 214 g/mol. The lowest BCUT2D eigenvalue weighted by atomic mass is 10.1. The first kappa shape index (κ1) is 16.0. The van der Waals surface area contributed by atoms with E-state index in [-0.39, 0.29) is 12.4 Å². The Labute approximate surface area is 95.2 Å². The van der Waals surface area contributed by atoms with Crippen LogP contribution < -0.4 is 0 Å². The molecule has 1 heteroatoms. The van der Waals surface area contributed by atoms with Crippen LogP contribution in [0.5, 0.6) is 0 Å². The maximum Gasteiger partial charge on any atom is -0.0348 e. The number of halogens is 1. The van der Waals surface area contributed by atoms with Gasteiger partial charge in [-0.3, -0.25) is 0 Å². The Kier molecular flexibility index (Phi) is 17.1. The summed E-state index contributed by atoms with van der Waals surface area (Å²) in [5, 5.41) is 0. The van der Waals surface area contributed by atoms with Crippen molar-refractivity contribution < 1.29 is 0 Å². The van der Waals surface area contributed by atoms with Gasteiger partial charge in [0.1, 0.15) is 0 Å². The molecule has 0 amide bonds. The SMILES string of the molecule is C/C=C/C=C/C=C/CCCCCC.Cl. The molecule has 0 aliphatic carbocycles. The summed E-state index contributed by atoms with van der Waals surface area (Å²) in [6, 6.07) is 0. The van der Waals surface area contributed by atoms with Gasteiger partial charge in [0.15, 0.2) is 0 Å². The van der Waals surface area contributed by atoms with E-state index in [1.54, 1.807) is 0 Å². The molecule has 0 atom stereocenters. The highest BCUT2D eigenvalue weighted by Crippen LogP contribution is 2.02. The van der Waals surface area contributed by atoms with Crippen molar-refractivity contribution in [2.75, 3.05) is 0 Å². The van der Waals surface area contributed by atoms with Gasteiger partial charge in [-0.25, -0.2) is 0 Å². The number of rotatable bonds is 7. The van der Waals surface area contributed by atoms with Crippen LogP contribution in [0.1, 0.15) is 46.0 Å². The Morgan fingerprint density at radius 2 is 1.57 bits per heavy atom. The summed E-state index contributed by atoms with van der Waals surface area (Å²) in [7, 11) is 0. The van der Waals surface area contributed by atoms with E-state index in [9.17, 15) is 0 Å². The van der Waals surface area contributed by atoms with E-state index in [2.05, 4.69) is 31.2 Å². The fourth-order valence-corrected chi connectivity index (χ4v) is 1.10. The minimum absolute atomic E-state index is 0. The third-order valence-corrected chi connectivity index (χ3v) is 1.89. The molecule has 0 heterocycles. The van der Waals surface area contributed by atoms with Crippen LogP contribution in [0.4, 0.5) is 0 Å². The Morgan fingerprint density at radius 1 is 0.857 bits per heavy atom. The molecule has 0 aliphatic heterocycles. The summed E-state index contributed by atoms with van der Waals surface area (Å²) in [5.41, 5.74) is 0. The second-order valence-electron chi connectivity index (χ2n) is 3.19. The highest BCUT2D eigenvalue weighted by atomic mass is 35.5. The zero-order chi connectivity index (χ0) is 9.78. The highest BCUT2D eigenvalue weighted by Gasteiger charge is 1.82. The van der Waals surface area contributed by atoms with Gasteiger partial charge in [-0.1, -0.05) is 62.6 Å². The Morgan fingerprint density at radius 3 is 2.21 bits per heavy atom. The van der Waals surface area contributed by atoms with Crippen molar-refractivity contribution in [3.05, 3.63) is 36.5 Å². The highest BCUT2D eigenvalue weighted by molar-refractivity contribution is 5.85. The molecule has 0 aromatic rings. The Bertz CT molecular complexity index is 166. The molecule has 0 unspecified atom stereocenters. The van der Waals surface area contributed by atoms with E-state index in [4.69, 9.17) is 0 Å². The molecule has 0 aliphatic rings. The number of hydrogen-bond acceptors (Lipinski definition) is 0. The van der Waals surface area contributed by atoms with E-state index < -0.39 is 0 Å². The summed E-state index contributed by atoms with van der Waals surface area (Å²) >= 11 is 0. The van der Waals surface area contributed by atoms with E-state index >= 15 is 0 Å². The smallest absolute Gasteiger partial charge is 0.0348 e. The first-order chi connectivity index (χ1) is 6.41. The molecule has 0 N–H and O–H groups in total. The van der Waals surface area contributed by atoms with Crippen LogP contribution in [0.15, 0.2) is 36.5 Å². The van der Waals surface area contributed by atoms with Gasteiger partial charge in [0.2, 0.25) is 0 Å². The van der Waals surface area contributed by atoms with E-state index in [0.717, 1.165) is 0 Å². The molecule has 0 nitrogen and oxygen atoms in total. The van der Waals surface area contributed by atoms with Gasteiger partial charge < -0.3 is 0 Å². The molecule has 0 radical (unpaired) electrons. The van der Waals surface area contributed by atoms with Crippen molar-refractivity contribution in [3.8, 4) is 0 Å². The fraction of sp³-hybridized carbons (Fsp3) is 0.538. The first-order valence-electron chi connectivity index (χ1n) is 5.36. The number of allylic oxidation sites excluding steroid dienone is 6. The van der Waals surface area contributed by atoms with Crippen molar-refractivity contribution in [3.63, 3.8) is 0 Å². The topological polar surface area (TPSA) is 0 Å². The second kappa shape index (κ2) is 15.0. The summed E-state index contributed by atoms with van der Waals surface area (Å²) in [6.45, 7) is 4.27. The van der Waals surface area contributed by atoms with Crippen molar-refractivity contribution >= 4 is 12.4 Å². The molecule has 0 saturated heterocycles. The molecule has 0 aromatic heterocycles. The maximum atomic E-state index is 2.25. The average Bonchev–Trinajstić information content (AvgIpc) is 2.16.